The minimum Gasteiger partial charge on any atom is -0.493 e. The Bertz CT molecular complexity index is 1210. The lowest BCUT2D eigenvalue weighted by Crippen LogP contribution is -2.13. The second kappa shape index (κ2) is 10.5. The minimum atomic E-state index is -2.99. The number of carbonyl (C=O) groups excluding carboxylic acids is 2. The van der Waals surface area contributed by atoms with E-state index < -0.39 is 18.6 Å². The Morgan fingerprint density at radius 2 is 1.85 bits per heavy atom. The zero-order chi connectivity index (χ0) is 24.0. The van der Waals surface area contributed by atoms with Crippen LogP contribution < -0.4 is 9.47 Å². The number of carbonyl (C=O) groups is 2. The lowest BCUT2D eigenvalue weighted by atomic mass is 10.0. The van der Waals surface area contributed by atoms with E-state index in [9.17, 15) is 18.4 Å². The number of hydrogen-bond acceptors (Lipinski definition) is 7. The molecular formula is C24H21F2NO6. The average molecular weight is 457 g/mol. The summed E-state index contributed by atoms with van der Waals surface area (Å²) in [4.78, 5) is 29.0. The molecule has 1 heterocycles. The van der Waals surface area contributed by atoms with Crippen LogP contribution in [0.4, 0.5) is 8.78 Å². The molecule has 9 heteroatoms. The van der Waals surface area contributed by atoms with Crippen molar-refractivity contribution in [1.29, 1.82) is 0 Å². The summed E-state index contributed by atoms with van der Waals surface area (Å²) in [6, 6.07) is 11.5. The van der Waals surface area contributed by atoms with Gasteiger partial charge in [-0.25, -0.2) is 14.6 Å². The molecule has 0 fully saturated rings. The number of aromatic nitrogens is 1. The fourth-order valence-corrected chi connectivity index (χ4v) is 3.25. The van der Waals surface area contributed by atoms with E-state index in [2.05, 4.69) is 9.72 Å². The van der Waals surface area contributed by atoms with Crippen LogP contribution in [0.25, 0.3) is 17.0 Å². The Kier molecular flexibility index (Phi) is 7.55. The summed E-state index contributed by atoms with van der Waals surface area (Å²) < 4.78 is 44.4. The molecule has 0 bridgehead atoms. The normalized spacial score (nSPS) is 11.1. The summed E-state index contributed by atoms with van der Waals surface area (Å²) in [6.45, 7) is -1.46. The number of methoxy groups -OCH3 is 2. The Hall–Kier alpha value is -4.01. The molecule has 7 nitrogen and oxygen atoms in total. The van der Waals surface area contributed by atoms with Crippen molar-refractivity contribution in [2.45, 2.75) is 20.1 Å². The predicted octanol–water partition coefficient (Wildman–Crippen LogP) is 4.70. The number of pyridine rings is 1. The summed E-state index contributed by atoms with van der Waals surface area (Å²) >= 11 is 0. The number of ether oxygens (including phenoxy) is 4. The molecule has 0 unspecified atom stereocenters. The SMILES string of the molecule is COC(=O)c1c(COC(=O)C=Cc2ccc(OC(F)F)c(OC)c2)nc2ccccc2c1C. The van der Waals surface area contributed by atoms with Crippen molar-refractivity contribution in [1.82, 2.24) is 4.98 Å². The highest BCUT2D eigenvalue weighted by molar-refractivity contribution is 5.98. The molecule has 0 spiro atoms. The Labute approximate surface area is 188 Å². The maximum absolute atomic E-state index is 12.4. The van der Waals surface area contributed by atoms with Crippen LogP contribution in [0, 0.1) is 6.92 Å². The van der Waals surface area contributed by atoms with Crippen molar-refractivity contribution < 1.29 is 37.3 Å². The van der Waals surface area contributed by atoms with Gasteiger partial charge in [-0.1, -0.05) is 24.3 Å². The van der Waals surface area contributed by atoms with Crippen LogP contribution in [-0.4, -0.2) is 37.8 Å². The van der Waals surface area contributed by atoms with Crippen LogP contribution in [0.3, 0.4) is 0 Å². The van der Waals surface area contributed by atoms with Gasteiger partial charge in [0.25, 0.3) is 0 Å². The number of aryl methyl sites for hydroxylation is 1. The fourth-order valence-electron chi connectivity index (χ4n) is 3.25. The zero-order valence-electron chi connectivity index (χ0n) is 18.1. The predicted molar refractivity (Wildman–Crippen MR) is 116 cm³/mol. The molecule has 3 rings (SSSR count). The molecule has 0 aliphatic heterocycles. The highest BCUT2D eigenvalue weighted by atomic mass is 19.3. The maximum Gasteiger partial charge on any atom is 0.387 e. The van der Waals surface area contributed by atoms with E-state index in [1.165, 1.54) is 38.5 Å². The summed E-state index contributed by atoms with van der Waals surface area (Å²) in [5, 5.41) is 0.793. The van der Waals surface area contributed by atoms with Crippen LogP contribution in [0.1, 0.15) is 27.2 Å². The third-order valence-electron chi connectivity index (χ3n) is 4.78. The zero-order valence-corrected chi connectivity index (χ0v) is 18.1. The van der Waals surface area contributed by atoms with E-state index in [-0.39, 0.29) is 29.4 Å². The number of rotatable bonds is 8. The number of alkyl halides is 2. The van der Waals surface area contributed by atoms with E-state index >= 15 is 0 Å². The number of halogens is 2. The van der Waals surface area contributed by atoms with Crippen LogP contribution in [0.15, 0.2) is 48.5 Å². The molecule has 0 aliphatic carbocycles. The number of fused-ring (bicyclic) bond motifs is 1. The van der Waals surface area contributed by atoms with Gasteiger partial charge in [0.15, 0.2) is 11.5 Å². The van der Waals surface area contributed by atoms with E-state index in [0.29, 0.717) is 16.6 Å². The van der Waals surface area contributed by atoms with E-state index in [1.807, 2.05) is 18.2 Å². The van der Waals surface area contributed by atoms with Crippen LogP contribution in [0.2, 0.25) is 0 Å². The number of esters is 2. The van der Waals surface area contributed by atoms with Gasteiger partial charge in [-0.05, 0) is 42.3 Å². The summed E-state index contributed by atoms with van der Waals surface area (Å²) in [6.07, 6.45) is 2.59. The molecule has 0 saturated heterocycles. The van der Waals surface area contributed by atoms with Gasteiger partial charge in [0.05, 0.1) is 31.0 Å². The number of hydrogen-bond donors (Lipinski definition) is 0. The molecule has 0 N–H and O–H groups in total. The van der Waals surface area contributed by atoms with Crippen LogP contribution in [-0.2, 0) is 20.9 Å². The standard InChI is InChI=1S/C24H21F2NO6/c1-14-16-6-4-5-7-17(16)27-18(22(14)23(29)31-3)13-32-21(28)11-9-15-8-10-19(33-24(25)26)20(12-15)30-2/h4-12,24H,13H2,1-3H3. The number of nitrogens with zero attached hydrogens (tertiary/aromatic N) is 1. The third kappa shape index (κ3) is 5.62. The molecule has 2 aromatic carbocycles. The van der Waals surface area contributed by atoms with Gasteiger partial charge in [-0.2, -0.15) is 8.78 Å². The van der Waals surface area contributed by atoms with Gasteiger partial charge in [-0.3, -0.25) is 0 Å². The minimum absolute atomic E-state index is 0.0874. The highest BCUT2D eigenvalue weighted by Gasteiger charge is 2.20. The summed E-state index contributed by atoms with van der Waals surface area (Å²) in [5.74, 6) is -1.31. The first-order chi connectivity index (χ1) is 15.8. The molecule has 1 aromatic heterocycles. The van der Waals surface area contributed by atoms with E-state index in [1.54, 1.807) is 13.0 Å². The lowest BCUT2D eigenvalue weighted by Gasteiger charge is -2.13. The summed E-state index contributed by atoms with van der Waals surface area (Å²) in [5.41, 5.74) is 2.34. The van der Waals surface area contributed by atoms with Crippen molar-refractivity contribution in [2.24, 2.45) is 0 Å². The van der Waals surface area contributed by atoms with Crippen molar-refractivity contribution >= 4 is 28.9 Å². The monoisotopic (exact) mass is 457 g/mol. The fraction of sp³-hybridized carbons (Fsp3) is 0.208. The highest BCUT2D eigenvalue weighted by Crippen LogP contribution is 2.30. The summed E-state index contributed by atoms with van der Waals surface area (Å²) in [7, 11) is 2.58. The molecule has 0 amide bonds. The first-order valence-electron chi connectivity index (χ1n) is 9.78. The van der Waals surface area contributed by atoms with Gasteiger partial charge >= 0.3 is 18.6 Å². The van der Waals surface area contributed by atoms with Gasteiger partial charge in [0.1, 0.15) is 6.61 Å². The third-order valence-corrected chi connectivity index (χ3v) is 4.78. The lowest BCUT2D eigenvalue weighted by molar-refractivity contribution is -0.139. The molecule has 33 heavy (non-hydrogen) atoms. The van der Waals surface area contributed by atoms with Crippen molar-refractivity contribution in [3.05, 3.63) is 70.9 Å². The van der Waals surface area contributed by atoms with Crippen molar-refractivity contribution in [2.75, 3.05) is 14.2 Å². The number of para-hydroxylation sites is 1. The quantitative estimate of drug-likeness (QED) is 0.358. The largest absolute Gasteiger partial charge is 0.493 e. The molecular weight excluding hydrogens is 436 g/mol. The van der Waals surface area contributed by atoms with E-state index in [4.69, 9.17) is 14.2 Å². The molecule has 0 atom stereocenters. The second-order valence-corrected chi connectivity index (χ2v) is 6.80. The maximum atomic E-state index is 12.4. The molecule has 0 aliphatic rings. The first kappa shape index (κ1) is 23.6. The Balaban J connectivity index is 1.77. The Morgan fingerprint density at radius 3 is 2.55 bits per heavy atom. The molecule has 172 valence electrons. The molecule has 3 aromatic rings. The van der Waals surface area contributed by atoms with E-state index in [0.717, 1.165) is 11.5 Å². The van der Waals surface area contributed by atoms with Crippen molar-refractivity contribution in [3.8, 4) is 11.5 Å². The number of benzene rings is 2. The van der Waals surface area contributed by atoms with Gasteiger partial charge in [0, 0.05) is 11.5 Å². The first-order valence-corrected chi connectivity index (χ1v) is 9.78. The van der Waals surface area contributed by atoms with Crippen LogP contribution in [0.5, 0.6) is 11.5 Å². The average Bonchev–Trinajstić information content (AvgIpc) is 2.81. The van der Waals surface area contributed by atoms with Crippen LogP contribution >= 0.6 is 0 Å². The molecule has 0 saturated carbocycles. The second-order valence-electron chi connectivity index (χ2n) is 6.80. The Morgan fingerprint density at radius 1 is 1.09 bits per heavy atom. The van der Waals surface area contributed by atoms with Gasteiger partial charge < -0.3 is 18.9 Å². The van der Waals surface area contributed by atoms with Gasteiger partial charge in [-0.15, -0.1) is 0 Å². The molecule has 0 radical (unpaired) electrons. The van der Waals surface area contributed by atoms with Gasteiger partial charge in [0.2, 0.25) is 0 Å². The topological polar surface area (TPSA) is 84.0 Å². The van der Waals surface area contributed by atoms with Crippen molar-refractivity contribution in [3.63, 3.8) is 0 Å². The smallest absolute Gasteiger partial charge is 0.387 e.